The van der Waals surface area contributed by atoms with Crippen LogP contribution in [-0.4, -0.2) is 44.8 Å². The molecule has 1 aliphatic heterocycles. The van der Waals surface area contributed by atoms with E-state index in [2.05, 4.69) is 10.3 Å². The van der Waals surface area contributed by atoms with Crippen LogP contribution in [0.4, 0.5) is 10.1 Å². The highest BCUT2D eigenvalue weighted by Crippen LogP contribution is 2.34. The first kappa shape index (κ1) is 19.8. The molecule has 4 aromatic rings. The molecule has 0 saturated carbocycles. The molecule has 0 bridgehead atoms. The van der Waals surface area contributed by atoms with E-state index in [0.717, 1.165) is 43.7 Å². The number of anilines is 1. The van der Waals surface area contributed by atoms with Gasteiger partial charge in [-0.25, -0.2) is 14.4 Å². The fourth-order valence-corrected chi connectivity index (χ4v) is 4.36. The Balaban J connectivity index is 1.43. The predicted octanol–water partition coefficient (Wildman–Crippen LogP) is 4.77. The number of benzene rings is 2. The van der Waals surface area contributed by atoms with Crippen LogP contribution in [0.3, 0.4) is 0 Å². The lowest BCUT2D eigenvalue weighted by molar-refractivity contribution is -0.127. The van der Waals surface area contributed by atoms with Crippen LogP contribution >= 0.6 is 11.6 Å². The SMILES string of the molecule is O=C1CCCN1CCCNc1ccc2nc(-c3c(F)cccc3Cl)c3cncn3c2c1. The fourth-order valence-electron chi connectivity index (χ4n) is 4.11. The number of halogens is 2. The molecule has 1 aliphatic rings. The van der Waals surface area contributed by atoms with Gasteiger partial charge in [0.25, 0.3) is 0 Å². The van der Waals surface area contributed by atoms with Crippen molar-refractivity contribution in [3.63, 3.8) is 0 Å². The molecule has 1 saturated heterocycles. The molecule has 2 aromatic heterocycles. The minimum atomic E-state index is -0.419. The molecule has 6 nitrogen and oxygen atoms in total. The lowest BCUT2D eigenvalue weighted by Gasteiger charge is -2.16. The standard InChI is InChI=1S/C23H21ClFN5O/c24-16-4-1-5-17(25)22(16)23-20-13-26-14-30(20)19-12-15(7-8-18(19)28-23)27-9-3-11-29-10-2-6-21(29)31/h1,4-5,7-8,12-14,27H,2-3,6,9-11H2. The summed E-state index contributed by atoms with van der Waals surface area (Å²) in [6.07, 6.45) is 5.88. The lowest BCUT2D eigenvalue weighted by Crippen LogP contribution is -2.26. The summed E-state index contributed by atoms with van der Waals surface area (Å²) in [4.78, 5) is 22.6. The molecule has 5 rings (SSSR count). The van der Waals surface area contributed by atoms with E-state index >= 15 is 0 Å². The minimum absolute atomic E-state index is 0.255. The topological polar surface area (TPSA) is 62.5 Å². The van der Waals surface area contributed by atoms with Gasteiger partial charge >= 0.3 is 0 Å². The Bertz CT molecular complexity index is 1270. The highest BCUT2D eigenvalue weighted by molar-refractivity contribution is 6.33. The average molecular weight is 438 g/mol. The van der Waals surface area contributed by atoms with Gasteiger partial charge in [0, 0.05) is 31.7 Å². The summed E-state index contributed by atoms with van der Waals surface area (Å²) in [5, 5.41) is 3.73. The number of nitrogens with one attached hydrogen (secondary N) is 1. The Labute approximate surface area is 183 Å². The maximum atomic E-state index is 14.6. The van der Waals surface area contributed by atoms with E-state index < -0.39 is 5.82 Å². The molecule has 0 unspecified atom stereocenters. The number of fused-ring (bicyclic) bond motifs is 3. The third-order valence-corrected chi connectivity index (χ3v) is 5.97. The number of amides is 1. The van der Waals surface area contributed by atoms with Crippen molar-refractivity contribution in [3.8, 4) is 11.3 Å². The molecular weight excluding hydrogens is 417 g/mol. The number of likely N-dealkylation sites (tertiary alicyclic amines) is 1. The van der Waals surface area contributed by atoms with Crippen molar-refractivity contribution in [1.82, 2.24) is 19.3 Å². The molecule has 3 heterocycles. The van der Waals surface area contributed by atoms with Gasteiger partial charge in [0.05, 0.1) is 39.7 Å². The summed E-state index contributed by atoms with van der Waals surface area (Å²) in [6.45, 7) is 2.41. The van der Waals surface area contributed by atoms with Crippen molar-refractivity contribution in [3.05, 3.63) is 59.8 Å². The van der Waals surface area contributed by atoms with Gasteiger partial charge in [0.2, 0.25) is 5.91 Å². The van der Waals surface area contributed by atoms with Crippen LogP contribution in [0.15, 0.2) is 48.9 Å². The Morgan fingerprint density at radius 1 is 1.19 bits per heavy atom. The Morgan fingerprint density at radius 3 is 2.90 bits per heavy atom. The van der Waals surface area contributed by atoms with Crippen molar-refractivity contribution in [2.75, 3.05) is 25.0 Å². The fraction of sp³-hybridized carbons (Fsp3) is 0.261. The average Bonchev–Trinajstić information content (AvgIpc) is 3.41. The number of carbonyl (C=O) groups excluding carboxylic acids is 1. The number of rotatable bonds is 6. The number of carbonyl (C=O) groups is 1. The maximum Gasteiger partial charge on any atom is 0.222 e. The van der Waals surface area contributed by atoms with Gasteiger partial charge in [-0.3, -0.25) is 9.20 Å². The highest BCUT2D eigenvalue weighted by atomic mass is 35.5. The van der Waals surface area contributed by atoms with Crippen molar-refractivity contribution in [1.29, 1.82) is 0 Å². The monoisotopic (exact) mass is 437 g/mol. The van der Waals surface area contributed by atoms with Crippen LogP contribution < -0.4 is 5.32 Å². The van der Waals surface area contributed by atoms with Gasteiger partial charge < -0.3 is 10.2 Å². The molecule has 1 amide bonds. The predicted molar refractivity (Wildman–Crippen MR) is 120 cm³/mol. The summed E-state index contributed by atoms with van der Waals surface area (Å²) in [5.74, 6) is -0.165. The Hall–Kier alpha value is -3.19. The van der Waals surface area contributed by atoms with E-state index in [1.54, 1.807) is 24.7 Å². The van der Waals surface area contributed by atoms with E-state index in [-0.39, 0.29) is 11.5 Å². The summed E-state index contributed by atoms with van der Waals surface area (Å²) in [7, 11) is 0. The van der Waals surface area contributed by atoms with Crippen molar-refractivity contribution in [2.24, 2.45) is 0 Å². The molecule has 1 N–H and O–H groups in total. The zero-order valence-electron chi connectivity index (χ0n) is 16.8. The molecule has 158 valence electrons. The van der Waals surface area contributed by atoms with E-state index in [0.29, 0.717) is 28.2 Å². The molecule has 8 heteroatoms. The molecule has 0 spiro atoms. The van der Waals surface area contributed by atoms with Crippen molar-refractivity contribution >= 4 is 39.7 Å². The van der Waals surface area contributed by atoms with E-state index in [4.69, 9.17) is 16.6 Å². The van der Waals surface area contributed by atoms with Crippen LogP contribution in [0.25, 0.3) is 27.8 Å². The second-order valence-electron chi connectivity index (χ2n) is 7.67. The second-order valence-corrected chi connectivity index (χ2v) is 8.08. The Kier molecular flexibility index (Phi) is 5.19. The molecule has 0 aliphatic carbocycles. The third kappa shape index (κ3) is 3.70. The summed E-state index contributed by atoms with van der Waals surface area (Å²) < 4.78 is 16.5. The smallest absolute Gasteiger partial charge is 0.222 e. The van der Waals surface area contributed by atoms with E-state index in [1.807, 2.05) is 27.5 Å². The zero-order valence-corrected chi connectivity index (χ0v) is 17.6. The number of nitrogens with zero attached hydrogens (tertiary/aromatic N) is 4. The van der Waals surface area contributed by atoms with Gasteiger partial charge in [-0.15, -0.1) is 0 Å². The van der Waals surface area contributed by atoms with E-state index in [1.165, 1.54) is 6.07 Å². The van der Waals surface area contributed by atoms with Crippen molar-refractivity contribution < 1.29 is 9.18 Å². The van der Waals surface area contributed by atoms with E-state index in [9.17, 15) is 9.18 Å². The lowest BCUT2D eigenvalue weighted by atomic mass is 10.1. The first-order valence-corrected chi connectivity index (χ1v) is 10.7. The van der Waals surface area contributed by atoms with Gasteiger partial charge in [-0.1, -0.05) is 17.7 Å². The summed E-state index contributed by atoms with van der Waals surface area (Å²) in [5.41, 5.74) is 3.95. The van der Waals surface area contributed by atoms with Crippen LogP contribution in [0.5, 0.6) is 0 Å². The van der Waals surface area contributed by atoms with Crippen LogP contribution in [-0.2, 0) is 4.79 Å². The van der Waals surface area contributed by atoms with Crippen LogP contribution in [0, 0.1) is 5.82 Å². The van der Waals surface area contributed by atoms with Crippen LogP contribution in [0.1, 0.15) is 19.3 Å². The normalized spacial score (nSPS) is 14.1. The first-order chi connectivity index (χ1) is 15.1. The zero-order chi connectivity index (χ0) is 21.4. The van der Waals surface area contributed by atoms with Gasteiger partial charge in [0.15, 0.2) is 0 Å². The number of hydrogen-bond acceptors (Lipinski definition) is 4. The largest absolute Gasteiger partial charge is 0.385 e. The minimum Gasteiger partial charge on any atom is -0.385 e. The number of hydrogen-bond donors (Lipinski definition) is 1. The molecule has 0 atom stereocenters. The van der Waals surface area contributed by atoms with Gasteiger partial charge in [-0.2, -0.15) is 0 Å². The summed E-state index contributed by atoms with van der Waals surface area (Å²) >= 11 is 6.29. The maximum absolute atomic E-state index is 14.6. The van der Waals surface area contributed by atoms with Gasteiger partial charge in [0.1, 0.15) is 11.5 Å². The Morgan fingerprint density at radius 2 is 2.10 bits per heavy atom. The molecule has 1 fully saturated rings. The molecule has 0 radical (unpaired) electrons. The molecule has 31 heavy (non-hydrogen) atoms. The summed E-state index contributed by atoms with van der Waals surface area (Å²) in [6, 6.07) is 10.5. The van der Waals surface area contributed by atoms with Crippen molar-refractivity contribution in [2.45, 2.75) is 19.3 Å². The third-order valence-electron chi connectivity index (χ3n) is 5.65. The number of aromatic nitrogens is 3. The quantitative estimate of drug-likeness (QED) is 0.441. The highest BCUT2D eigenvalue weighted by Gasteiger charge is 2.19. The molecular formula is C23H21ClFN5O. The van der Waals surface area contributed by atoms with Crippen LogP contribution in [0.2, 0.25) is 5.02 Å². The first-order valence-electron chi connectivity index (χ1n) is 10.3. The number of imidazole rings is 1. The molecule has 2 aromatic carbocycles. The second kappa shape index (κ2) is 8.15. The van der Waals surface area contributed by atoms with Gasteiger partial charge in [-0.05, 0) is 43.2 Å².